The number of halogens is 1. The minimum Gasteiger partial charge on any atom is -0.390 e. The van der Waals surface area contributed by atoms with E-state index in [9.17, 15) is 27.5 Å². The van der Waals surface area contributed by atoms with Crippen LogP contribution in [0.2, 0.25) is 0 Å². The van der Waals surface area contributed by atoms with Crippen molar-refractivity contribution in [2.75, 3.05) is 25.9 Å². The van der Waals surface area contributed by atoms with Gasteiger partial charge < -0.3 is 21.1 Å². The van der Waals surface area contributed by atoms with Crippen molar-refractivity contribution in [2.24, 2.45) is 11.3 Å². The second-order valence-electron chi connectivity index (χ2n) is 11.9. The second-order valence-corrected chi connectivity index (χ2v) is 13.9. The van der Waals surface area contributed by atoms with Crippen molar-refractivity contribution in [3.8, 4) is 0 Å². The number of benzene rings is 2. The van der Waals surface area contributed by atoms with E-state index in [0.29, 0.717) is 5.56 Å². The molecule has 2 aromatic carbocycles. The van der Waals surface area contributed by atoms with Gasteiger partial charge in [-0.15, -0.1) is 0 Å². The summed E-state index contributed by atoms with van der Waals surface area (Å²) in [6.45, 7) is 9.43. The van der Waals surface area contributed by atoms with Crippen LogP contribution in [0.3, 0.4) is 0 Å². The first-order chi connectivity index (χ1) is 19.1. The molecular formula is C30H45FN4O5S. The molecule has 11 heteroatoms. The third kappa shape index (κ3) is 12.3. The summed E-state index contributed by atoms with van der Waals surface area (Å²) in [4.78, 5) is 26.4. The van der Waals surface area contributed by atoms with Crippen LogP contribution in [-0.2, 0) is 32.6 Å². The molecule has 2 rings (SSSR count). The molecular weight excluding hydrogens is 547 g/mol. The highest BCUT2D eigenvalue weighted by atomic mass is 32.2. The van der Waals surface area contributed by atoms with E-state index in [1.807, 2.05) is 65.0 Å². The molecule has 0 aliphatic carbocycles. The lowest BCUT2D eigenvalue weighted by molar-refractivity contribution is -0.132. The van der Waals surface area contributed by atoms with E-state index in [2.05, 4.69) is 16.0 Å². The Morgan fingerprint density at radius 1 is 0.976 bits per heavy atom. The number of nitrogens with zero attached hydrogens (tertiary/aromatic N) is 1. The molecule has 2 aromatic rings. The van der Waals surface area contributed by atoms with E-state index in [1.54, 1.807) is 12.1 Å². The summed E-state index contributed by atoms with van der Waals surface area (Å²) in [5, 5.41) is 19.9. The minimum atomic E-state index is -3.60. The quantitative estimate of drug-likeness (QED) is 0.252. The highest BCUT2D eigenvalue weighted by Gasteiger charge is 2.36. The monoisotopic (exact) mass is 592 g/mol. The van der Waals surface area contributed by atoms with E-state index >= 15 is 0 Å². The number of carbonyl (C=O) groups excluding carboxylic acids is 2. The zero-order valence-corrected chi connectivity index (χ0v) is 25.7. The smallest absolute Gasteiger partial charge is 0.243 e. The molecule has 41 heavy (non-hydrogen) atoms. The molecule has 0 aliphatic rings. The lowest BCUT2D eigenvalue weighted by Crippen LogP contribution is -2.59. The molecule has 0 aromatic heterocycles. The van der Waals surface area contributed by atoms with Crippen LogP contribution in [0.4, 0.5) is 4.39 Å². The van der Waals surface area contributed by atoms with E-state index in [1.165, 1.54) is 16.4 Å². The fraction of sp³-hybridized carbons (Fsp3) is 0.533. The molecule has 3 atom stereocenters. The van der Waals surface area contributed by atoms with Gasteiger partial charge in [0.15, 0.2) is 0 Å². The van der Waals surface area contributed by atoms with Crippen molar-refractivity contribution in [2.45, 2.75) is 65.8 Å². The van der Waals surface area contributed by atoms with Gasteiger partial charge in [-0.3, -0.25) is 9.59 Å². The van der Waals surface area contributed by atoms with E-state index in [0.717, 1.165) is 11.8 Å². The van der Waals surface area contributed by atoms with Crippen LogP contribution < -0.4 is 16.0 Å². The standard InChI is InChI=1S/C30H45FN4O5S/c1-21(2)19-35(41(6,39)40)20-26(36)25(16-22-11-8-7-9-12-22)33-29(38)28(30(3,4)5)34-27(37)18-32-17-23-13-10-14-24(31)15-23/h7-15,21,25-26,28,32,36H,16-20H2,1-6H3,(H,33,38)(H,34,37)/t25?,26-,28-/m1/s1. The largest absolute Gasteiger partial charge is 0.390 e. The predicted molar refractivity (Wildman–Crippen MR) is 159 cm³/mol. The SMILES string of the molecule is CC(C)CN(C[C@@H](O)C(Cc1ccccc1)NC(=O)[C@@H](NC(=O)CNCc1cccc(F)c1)C(C)(C)C)S(C)(=O)=O. The Bertz CT molecular complexity index is 1230. The van der Waals surface area contributed by atoms with Gasteiger partial charge in [-0.2, -0.15) is 4.31 Å². The van der Waals surface area contributed by atoms with E-state index < -0.39 is 45.4 Å². The second kappa shape index (κ2) is 15.4. The molecule has 228 valence electrons. The van der Waals surface area contributed by atoms with Gasteiger partial charge in [0.1, 0.15) is 11.9 Å². The summed E-state index contributed by atoms with van der Waals surface area (Å²) in [6, 6.07) is 13.5. The van der Waals surface area contributed by atoms with Crippen LogP contribution in [0.25, 0.3) is 0 Å². The summed E-state index contributed by atoms with van der Waals surface area (Å²) < 4.78 is 39.5. The van der Waals surface area contributed by atoms with Crippen LogP contribution in [0.15, 0.2) is 54.6 Å². The number of sulfonamides is 1. The Morgan fingerprint density at radius 3 is 2.17 bits per heavy atom. The van der Waals surface area contributed by atoms with Crippen LogP contribution >= 0.6 is 0 Å². The van der Waals surface area contributed by atoms with E-state index in [4.69, 9.17) is 0 Å². The number of rotatable bonds is 15. The fourth-order valence-electron chi connectivity index (χ4n) is 4.36. The van der Waals surface area contributed by atoms with Crippen molar-refractivity contribution in [3.63, 3.8) is 0 Å². The summed E-state index contributed by atoms with van der Waals surface area (Å²) in [6.07, 6.45) is 0.143. The summed E-state index contributed by atoms with van der Waals surface area (Å²) in [7, 11) is -3.60. The molecule has 0 saturated heterocycles. The highest BCUT2D eigenvalue weighted by Crippen LogP contribution is 2.20. The maximum Gasteiger partial charge on any atom is 0.243 e. The van der Waals surface area contributed by atoms with Crippen molar-refractivity contribution < 1.29 is 27.5 Å². The third-order valence-corrected chi connectivity index (χ3v) is 7.69. The predicted octanol–water partition coefficient (Wildman–Crippen LogP) is 2.45. The van der Waals surface area contributed by atoms with Gasteiger partial charge in [-0.05, 0) is 41.0 Å². The minimum absolute atomic E-state index is 0.0362. The summed E-state index contributed by atoms with van der Waals surface area (Å²) in [5.41, 5.74) is 0.854. The molecule has 0 spiro atoms. The third-order valence-electron chi connectivity index (χ3n) is 6.46. The number of carbonyl (C=O) groups is 2. The number of hydrogen-bond donors (Lipinski definition) is 4. The fourth-order valence-corrected chi connectivity index (χ4v) is 5.35. The van der Waals surface area contributed by atoms with Crippen LogP contribution in [0.5, 0.6) is 0 Å². The van der Waals surface area contributed by atoms with Gasteiger partial charge >= 0.3 is 0 Å². The molecule has 0 saturated carbocycles. The van der Waals surface area contributed by atoms with E-state index in [-0.39, 0.29) is 44.3 Å². The molecule has 2 amide bonds. The van der Waals surface area contributed by atoms with Gasteiger partial charge in [0.05, 0.1) is 24.9 Å². The van der Waals surface area contributed by atoms with Crippen molar-refractivity contribution in [3.05, 3.63) is 71.5 Å². The lowest BCUT2D eigenvalue weighted by atomic mass is 9.85. The topological polar surface area (TPSA) is 128 Å². The zero-order valence-electron chi connectivity index (χ0n) is 24.9. The Hall–Kier alpha value is -2.86. The average Bonchev–Trinajstić information content (AvgIpc) is 2.85. The first kappa shape index (κ1) is 34.3. The summed E-state index contributed by atoms with van der Waals surface area (Å²) in [5.74, 6) is -1.24. The van der Waals surface area contributed by atoms with Gasteiger partial charge in [-0.1, -0.05) is 77.1 Å². The molecule has 0 heterocycles. The molecule has 9 nitrogen and oxygen atoms in total. The van der Waals surface area contributed by atoms with Crippen molar-refractivity contribution in [1.29, 1.82) is 0 Å². The summed E-state index contributed by atoms with van der Waals surface area (Å²) >= 11 is 0. The first-order valence-corrected chi connectivity index (χ1v) is 15.6. The van der Waals surface area contributed by atoms with Gasteiger partial charge in [0, 0.05) is 19.6 Å². The Balaban J connectivity index is 2.17. The average molecular weight is 593 g/mol. The molecule has 1 unspecified atom stereocenters. The van der Waals surface area contributed by atoms with Crippen molar-refractivity contribution >= 4 is 21.8 Å². The highest BCUT2D eigenvalue weighted by molar-refractivity contribution is 7.88. The molecule has 4 N–H and O–H groups in total. The number of amides is 2. The van der Waals surface area contributed by atoms with Gasteiger partial charge in [-0.25, -0.2) is 12.8 Å². The molecule has 0 bridgehead atoms. The number of aliphatic hydroxyl groups is 1. The lowest BCUT2D eigenvalue weighted by Gasteiger charge is -2.34. The Morgan fingerprint density at radius 2 is 1.61 bits per heavy atom. The van der Waals surface area contributed by atoms with Gasteiger partial charge in [0.25, 0.3) is 0 Å². The van der Waals surface area contributed by atoms with Gasteiger partial charge in [0.2, 0.25) is 21.8 Å². The molecule has 0 radical (unpaired) electrons. The van der Waals surface area contributed by atoms with Crippen LogP contribution in [0, 0.1) is 17.2 Å². The number of aliphatic hydroxyl groups excluding tert-OH is 1. The maximum atomic E-state index is 13.6. The normalized spacial score (nSPS) is 14.5. The molecule has 0 fully saturated rings. The van der Waals surface area contributed by atoms with Crippen molar-refractivity contribution in [1.82, 2.24) is 20.3 Å². The maximum absolute atomic E-state index is 13.6. The number of nitrogens with one attached hydrogen (secondary N) is 3. The first-order valence-electron chi connectivity index (χ1n) is 13.8. The Kier molecular flexibility index (Phi) is 12.9. The Labute approximate surface area is 244 Å². The zero-order chi connectivity index (χ0) is 30.8. The van der Waals surface area contributed by atoms with Crippen LogP contribution in [0.1, 0.15) is 45.7 Å². The molecule has 0 aliphatic heterocycles. The number of hydrogen-bond acceptors (Lipinski definition) is 6. The van der Waals surface area contributed by atoms with Crippen LogP contribution in [-0.4, -0.2) is 73.7 Å².